The van der Waals surface area contributed by atoms with E-state index in [2.05, 4.69) is 32.7 Å². The first kappa shape index (κ1) is 8.57. The molecule has 0 aromatic heterocycles. The third-order valence-electron chi connectivity index (χ3n) is 1.56. The Bertz CT molecular complexity index is 167. The van der Waals surface area contributed by atoms with Gasteiger partial charge in [-0.15, -0.1) is 0 Å². The van der Waals surface area contributed by atoms with Crippen molar-refractivity contribution in [2.24, 2.45) is 4.99 Å². The van der Waals surface area contributed by atoms with Crippen LogP contribution in [0.4, 0.5) is 0 Å². The number of nitrogens with zero attached hydrogens (tertiary/aromatic N) is 1. The molecule has 1 fully saturated rings. The van der Waals surface area contributed by atoms with E-state index >= 15 is 0 Å². The van der Waals surface area contributed by atoms with Crippen molar-refractivity contribution in [3.05, 3.63) is 0 Å². The zero-order valence-electron chi connectivity index (χ0n) is 7.85. The number of ether oxygens (including phenoxy) is 1. The van der Waals surface area contributed by atoms with Crippen LogP contribution < -0.4 is 0 Å². The average molecular weight is 155 g/mol. The van der Waals surface area contributed by atoms with Crippen LogP contribution in [0.5, 0.6) is 0 Å². The van der Waals surface area contributed by atoms with E-state index in [9.17, 15) is 0 Å². The van der Waals surface area contributed by atoms with Crippen LogP contribution in [0, 0.1) is 0 Å². The lowest BCUT2D eigenvalue weighted by Gasteiger charge is -2.13. The first-order valence-electron chi connectivity index (χ1n) is 4.23. The van der Waals surface area contributed by atoms with E-state index in [1.807, 2.05) is 0 Å². The van der Waals surface area contributed by atoms with Crippen molar-refractivity contribution in [1.82, 2.24) is 0 Å². The molecule has 0 amide bonds. The van der Waals surface area contributed by atoms with E-state index in [1.165, 1.54) is 0 Å². The van der Waals surface area contributed by atoms with Gasteiger partial charge in [0.15, 0.2) is 5.90 Å². The van der Waals surface area contributed by atoms with Crippen LogP contribution in [0.15, 0.2) is 4.99 Å². The Labute approximate surface area is 68.7 Å². The summed E-state index contributed by atoms with van der Waals surface area (Å²) < 4.78 is 5.49. The highest BCUT2D eigenvalue weighted by molar-refractivity contribution is 5.78. The molecule has 0 radical (unpaired) electrons. The summed E-state index contributed by atoms with van der Waals surface area (Å²) in [6, 6.07) is 0. The van der Waals surface area contributed by atoms with Gasteiger partial charge in [0.2, 0.25) is 0 Å². The molecule has 2 nitrogen and oxygen atoms in total. The van der Waals surface area contributed by atoms with Gasteiger partial charge in [0.1, 0.15) is 0 Å². The zero-order valence-corrected chi connectivity index (χ0v) is 7.85. The van der Waals surface area contributed by atoms with Crippen LogP contribution in [-0.2, 0) is 4.74 Å². The van der Waals surface area contributed by atoms with Gasteiger partial charge in [-0.2, -0.15) is 0 Å². The summed E-state index contributed by atoms with van der Waals surface area (Å²) in [4.78, 5) is 4.45. The fourth-order valence-electron chi connectivity index (χ4n) is 1.13. The SMILES string of the molecule is CC1CCC(=NC(C)(C)C)O1. The van der Waals surface area contributed by atoms with Crippen LogP contribution in [0.25, 0.3) is 0 Å². The number of rotatable bonds is 0. The van der Waals surface area contributed by atoms with Gasteiger partial charge in [-0.25, -0.2) is 4.99 Å². The molecule has 1 unspecified atom stereocenters. The largest absolute Gasteiger partial charge is 0.478 e. The third kappa shape index (κ3) is 2.91. The molecule has 1 atom stereocenters. The van der Waals surface area contributed by atoms with Crippen molar-refractivity contribution < 1.29 is 4.74 Å². The lowest BCUT2D eigenvalue weighted by Crippen LogP contribution is -2.14. The molecule has 1 saturated heterocycles. The van der Waals surface area contributed by atoms with Crippen LogP contribution in [0.1, 0.15) is 40.5 Å². The van der Waals surface area contributed by atoms with Gasteiger partial charge < -0.3 is 4.74 Å². The van der Waals surface area contributed by atoms with Gasteiger partial charge >= 0.3 is 0 Å². The Morgan fingerprint density at radius 2 is 2.09 bits per heavy atom. The zero-order chi connectivity index (χ0) is 8.48. The van der Waals surface area contributed by atoms with E-state index in [4.69, 9.17) is 4.74 Å². The molecule has 1 aliphatic rings. The summed E-state index contributed by atoms with van der Waals surface area (Å²) in [6.45, 7) is 8.36. The smallest absolute Gasteiger partial charge is 0.184 e. The van der Waals surface area contributed by atoms with Gasteiger partial charge in [0, 0.05) is 6.42 Å². The van der Waals surface area contributed by atoms with Crippen molar-refractivity contribution in [3.8, 4) is 0 Å². The normalized spacial score (nSPS) is 29.1. The Morgan fingerprint density at radius 1 is 1.45 bits per heavy atom. The fraction of sp³-hybridized carbons (Fsp3) is 0.889. The molecule has 0 aliphatic carbocycles. The highest BCUT2D eigenvalue weighted by Crippen LogP contribution is 2.17. The van der Waals surface area contributed by atoms with Crippen LogP contribution >= 0.6 is 0 Å². The number of hydrogen-bond donors (Lipinski definition) is 0. The molecule has 11 heavy (non-hydrogen) atoms. The van der Waals surface area contributed by atoms with E-state index < -0.39 is 0 Å². The van der Waals surface area contributed by atoms with Gasteiger partial charge in [0.05, 0.1) is 11.6 Å². The Morgan fingerprint density at radius 3 is 2.45 bits per heavy atom. The monoisotopic (exact) mass is 155 g/mol. The summed E-state index contributed by atoms with van der Waals surface area (Å²) >= 11 is 0. The van der Waals surface area contributed by atoms with E-state index in [-0.39, 0.29) is 5.54 Å². The van der Waals surface area contributed by atoms with E-state index in [0.29, 0.717) is 6.10 Å². The Kier molecular flexibility index (Phi) is 2.21. The second-order valence-corrected chi connectivity index (χ2v) is 4.14. The van der Waals surface area contributed by atoms with Crippen molar-refractivity contribution in [1.29, 1.82) is 0 Å². The maximum absolute atomic E-state index is 5.49. The molecule has 0 spiro atoms. The summed E-state index contributed by atoms with van der Waals surface area (Å²) in [5.41, 5.74) is 0.0133. The maximum atomic E-state index is 5.49. The van der Waals surface area contributed by atoms with Gasteiger partial charge in [-0.05, 0) is 34.1 Å². The molecule has 0 saturated carbocycles. The third-order valence-corrected chi connectivity index (χ3v) is 1.56. The fourth-order valence-corrected chi connectivity index (χ4v) is 1.13. The molecule has 1 heterocycles. The van der Waals surface area contributed by atoms with Gasteiger partial charge in [-0.1, -0.05) is 0 Å². The van der Waals surface area contributed by atoms with E-state index in [1.54, 1.807) is 0 Å². The van der Waals surface area contributed by atoms with Crippen molar-refractivity contribution in [2.75, 3.05) is 0 Å². The molecular weight excluding hydrogens is 138 g/mol. The first-order chi connectivity index (χ1) is 4.97. The molecule has 0 aromatic carbocycles. The predicted octanol–water partition coefficient (Wildman–Crippen LogP) is 2.38. The van der Waals surface area contributed by atoms with Crippen molar-refractivity contribution >= 4 is 5.90 Å². The van der Waals surface area contributed by atoms with Crippen LogP contribution in [-0.4, -0.2) is 17.5 Å². The lowest BCUT2D eigenvalue weighted by atomic mass is 10.1. The number of hydrogen-bond acceptors (Lipinski definition) is 2. The highest BCUT2D eigenvalue weighted by Gasteiger charge is 2.19. The highest BCUT2D eigenvalue weighted by atomic mass is 16.5. The second kappa shape index (κ2) is 2.84. The van der Waals surface area contributed by atoms with E-state index in [0.717, 1.165) is 18.7 Å². The van der Waals surface area contributed by atoms with Crippen molar-refractivity contribution in [3.63, 3.8) is 0 Å². The number of aliphatic imine (C=N–C) groups is 1. The summed E-state index contributed by atoms with van der Waals surface area (Å²) in [5, 5.41) is 0. The molecule has 0 N–H and O–H groups in total. The second-order valence-electron chi connectivity index (χ2n) is 4.14. The first-order valence-corrected chi connectivity index (χ1v) is 4.23. The molecule has 0 bridgehead atoms. The van der Waals surface area contributed by atoms with Crippen molar-refractivity contribution in [2.45, 2.75) is 52.2 Å². The molecule has 0 aromatic rings. The topological polar surface area (TPSA) is 21.6 Å². The lowest BCUT2D eigenvalue weighted by molar-refractivity contribution is 0.237. The minimum Gasteiger partial charge on any atom is -0.478 e. The Hall–Kier alpha value is -0.530. The van der Waals surface area contributed by atoms with Crippen LogP contribution in [0.3, 0.4) is 0 Å². The molecule has 1 rings (SSSR count). The minimum atomic E-state index is 0.0133. The van der Waals surface area contributed by atoms with Gasteiger partial charge in [0.25, 0.3) is 0 Å². The maximum Gasteiger partial charge on any atom is 0.184 e. The van der Waals surface area contributed by atoms with Crippen LogP contribution in [0.2, 0.25) is 0 Å². The quantitative estimate of drug-likeness (QED) is 0.526. The molecule has 1 aliphatic heterocycles. The average Bonchev–Trinajstić information content (AvgIpc) is 2.10. The summed E-state index contributed by atoms with van der Waals surface area (Å²) in [6.07, 6.45) is 2.50. The molecule has 2 heteroatoms. The summed E-state index contributed by atoms with van der Waals surface area (Å²) in [5.74, 6) is 0.935. The molecule has 64 valence electrons. The Balaban J connectivity index is 2.55. The molecular formula is C9H17NO. The minimum absolute atomic E-state index is 0.0133. The summed E-state index contributed by atoms with van der Waals surface area (Å²) in [7, 11) is 0. The standard InChI is InChI=1S/C9H17NO/c1-7-5-6-8(11-7)10-9(2,3)4/h7H,5-6H2,1-4H3. The predicted molar refractivity (Wildman–Crippen MR) is 47.0 cm³/mol. The van der Waals surface area contributed by atoms with Gasteiger partial charge in [-0.3, -0.25) is 0 Å².